The molecule has 3 heterocycles. The van der Waals surface area contributed by atoms with Gasteiger partial charge in [0.1, 0.15) is 11.4 Å². The van der Waals surface area contributed by atoms with E-state index in [2.05, 4.69) is 45.0 Å². The average molecular weight is 377 g/mol. The van der Waals surface area contributed by atoms with E-state index in [-0.39, 0.29) is 18.0 Å². The molecule has 2 aromatic heterocycles. The normalized spacial score (nSPS) is 19.5. The molecule has 3 aromatic rings. The van der Waals surface area contributed by atoms with Gasteiger partial charge in [-0.2, -0.15) is 5.10 Å². The van der Waals surface area contributed by atoms with Crippen LogP contribution in [0.5, 0.6) is 0 Å². The van der Waals surface area contributed by atoms with Gasteiger partial charge in [0.15, 0.2) is 5.65 Å². The molecular formula is C21H23N5O2. The van der Waals surface area contributed by atoms with Crippen molar-refractivity contribution in [2.45, 2.75) is 37.8 Å². The fourth-order valence-corrected chi connectivity index (χ4v) is 4.10. The second-order valence-corrected chi connectivity index (χ2v) is 7.43. The first-order valence-electron chi connectivity index (χ1n) is 9.85. The molecule has 1 atom stereocenters. The van der Waals surface area contributed by atoms with Gasteiger partial charge in [-0.25, -0.2) is 9.50 Å². The first kappa shape index (κ1) is 17.2. The van der Waals surface area contributed by atoms with E-state index in [1.807, 2.05) is 12.3 Å². The third kappa shape index (κ3) is 3.22. The molecule has 1 saturated heterocycles. The van der Waals surface area contributed by atoms with Crippen LogP contribution in [-0.4, -0.2) is 39.8 Å². The number of aromatic nitrogens is 3. The van der Waals surface area contributed by atoms with Crippen LogP contribution in [0, 0.1) is 0 Å². The van der Waals surface area contributed by atoms with Crippen LogP contribution in [0.4, 0.5) is 5.82 Å². The van der Waals surface area contributed by atoms with Crippen LogP contribution < -0.4 is 10.6 Å². The minimum absolute atomic E-state index is 0.127. The van der Waals surface area contributed by atoms with E-state index in [4.69, 9.17) is 4.74 Å². The summed E-state index contributed by atoms with van der Waals surface area (Å²) in [5, 5.41) is 10.9. The minimum Gasteiger partial charge on any atom is -0.381 e. The predicted octanol–water partition coefficient (Wildman–Crippen LogP) is 2.74. The van der Waals surface area contributed by atoms with Gasteiger partial charge in [-0.05, 0) is 42.9 Å². The number of anilines is 1. The third-order valence-electron chi connectivity index (χ3n) is 5.63. The van der Waals surface area contributed by atoms with Gasteiger partial charge in [0, 0.05) is 25.5 Å². The van der Waals surface area contributed by atoms with Crippen LogP contribution in [-0.2, 0) is 11.2 Å². The Morgan fingerprint density at radius 1 is 1.14 bits per heavy atom. The Balaban J connectivity index is 1.37. The first-order valence-corrected chi connectivity index (χ1v) is 9.85. The summed E-state index contributed by atoms with van der Waals surface area (Å²) in [4.78, 5) is 17.4. The molecular weight excluding hydrogens is 354 g/mol. The van der Waals surface area contributed by atoms with E-state index < -0.39 is 0 Å². The zero-order valence-electron chi connectivity index (χ0n) is 15.6. The van der Waals surface area contributed by atoms with Crippen molar-refractivity contribution in [3.8, 4) is 0 Å². The number of carbonyl (C=O) groups excluding carboxylic acids is 1. The zero-order valence-corrected chi connectivity index (χ0v) is 15.6. The van der Waals surface area contributed by atoms with Crippen LogP contribution in [0.15, 0.2) is 42.7 Å². The highest BCUT2D eigenvalue weighted by Crippen LogP contribution is 2.33. The van der Waals surface area contributed by atoms with E-state index in [1.54, 1.807) is 10.7 Å². The van der Waals surface area contributed by atoms with Crippen LogP contribution in [0.1, 0.15) is 46.8 Å². The Labute approximate surface area is 163 Å². The van der Waals surface area contributed by atoms with Crippen molar-refractivity contribution in [2.75, 3.05) is 18.5 Å². The van der Waals surface area contributed by atoms with Gasteiger partial charge in [-0.3, -0.25) is 4.79 Å². The molecule has 1 aromatic carbocycles. The molecule has 0 spiro atoms. The maximum absolute atomic E-state index is 12.7. The van der Waals surface area contributed by atoms with Crippen molar-refractivity contribution in [1.29, 1.82) is 0 Å². The zero-order chi connectivity index (χ0) is 18.9. The molecule has 1 unspecified atom stereocenters. The number of fused-ring (bicyclic) bond motifs is 2. The van der Waals surface area contributed by atoms with Crippen molar-refractivity contribution in [2.24, 2.45) is 0 Å². The number of hydrogen-bond acceptors (Lipinski definition) is 5. The van der Waals surface area contributed by atoms with E-state index >= 15 is 0 Å². The molecule has 1 aliphatic heterocycles. The number of benzene rings is 1. The number of nitrogens with zero attached hydrogens (tertiary/aromatic N) is 3. The van der Waals surface area contributed by atoms with Crippen molar-refractivity contribution in [3.63, 3.8) is 0 Å². The molecule has 0 bridgehead atoms. The van der Waals surface area contributed by atoms with Crippen LogP contribution in [0.2, 0.25) is 0 Å². The van der Waals surface area contributed by atoms with E-state index in [0.717, 1.165) is 31.5 Å². The van der Waals surface area contributed by atoms with Gasteiger partial charge < -0.3 is 15.4 Å². The number of nitrogens with one attached hydrogen (secondary N) is 2. The van der Waals surface area contributed by atoms with E-state index in [9.17, 15) is 4.79 Å². The van der Waals surface area contributed by atoms with Crippen molar-refractivity contribution >= 4 is 17.4 Å². The quantitative estimate of drug-likeness (QED) is 0.731. The lowest BCUT2D eigenvalue weighted by molar-refractivity contribution is 0.0697. The standard InChI is InChI=1S/C21H23N5O2/c27-21(23-15-8-11-28-12-9-15)17-13-22-26-10-7-19(25-20(17)26)24-18-6-5-14-3-1-2-4-16(14)18/h1-4,7,10,13,15,18H,5-6,8-9,11-12H2,(H,23,27)(H,24,25). The summed E-state index contributed by atoms with van der Waals surface area (Å²) in [6, 6.07) is 10.8. The topological polar surface area (TPSA) is 80.5 Å². The van der Waals surface area contributed by atoms with Crippen LogP contribution in [0.25, 0.3) is 5.65 Å². The summed E-state index contributed by atoms with van der Waals surface area (Å²) < 4.78 is 7.00. The number of amides is 1. The van der Waals surface area contributed by atoms with Crippen molar-refractivity contribution in [1.82, 2.24) is 19.9 Å². The number of rotatable bonds is 4. The largest absolute Gasteiger partial charge is 0.381 e. The molecule has 2 N–H and O–H groups in total. The Morgan fingerprint density at radius 2 is 2.00 bits per heavy atom. The summed E-state index contributed by atoms with van der Waals surface area (Å²) >= 11 is 0. The molecule has 7 nitrogen and oxygen atoms in total. The second kappa shape index (κ2) is 7.24. The van der Waals surface area contributed by atoms with Crippen molar-refractivity contribution in [3.05, 3.63) is 59.4 Å². The second-order valence-electron chi connectivity index (χ2n) is 7.43. The molecule has 0 saturated carbocycles. The Bertz CT molecular complexity index is 1010. The summed E-state index contributed by atoms with van der Waals surface area (Å²) in [6.45, 7) is 1.38. The van der Waals surface area contributed by atoms with Crippen LogP contribution >= 0.6 is 0 Å². The predicted molar refractivity (Wildman–Crippen MR) is 105 cm³/mol. The van der Waals surface area contributed by atoms with Gasteiger partial charge in [0.2, 0.25) is 0 Å². The fraction of sp³-hybridized carbons (Fsp3) is 0.381. The Hall–Kier alpha value is -2.93. The third-order valence-corrected chi connectivity index (χ3v) is 5.63. The molecule has 28 heavy (non-hydrogen) atoms. The van der Waals surface area contributed by atoms with Crippen LogP contribution in [0.3, 0.4) is 0 Å². The number of ether oxygens (including phenoxy) is 1. The summed E-state index contributed by atoms with van der Waals surface area (Å²) in [7, 11) is 0. The number of hydrogen-bond donors (Lipinski definition) is 2. The van der Waals surface area contributed by atoms with Gasteiger partial charge >= 0.3 is 0 Å². The lowest BCUT2D eigenvalue weighted by Crippen LogP contribution is -2.38. The molecule has 1 amide bonds. The van der Waals surface area contributed by atoms with E-state index in [0.29, 0.717) is 24.4 Å². The SMILES string of the molecule is O=C(NC1CCOCC1)c1cnn2ccc(NC3CCc4ccccc43)nc12. The Kier molecular flexibility index (Phi) is 4.44. The highest BCUT2D eigenvalue weighted by Gasteiger charge is 2.23. The fourth-order valence-electron chi connectivity index (χ4n) is 4.10. The van der Waals surface area contributed by atoms with Gasteiger partial charge in [0.05, 0.1) is 12.2 Å². The molecule has 1 aliphatic carbocycles. The summed E-state index contributed by atoms with van der Waals surface area (Å²) in [6.07, 6.45) is 7.23. The lowest BCUT2D eigenvalue weighted by Gasteiger charge is -2.22. The molecule has 7 heteroatoms. The van der Waals surface area contributed by atoms with Gasteiger partial charge in [-0.15, -0.1) is 0 Å². The van der Waals surface area contributed by atoms with E-state index in [1.165, 1.54) is 11.1 Å². The number of aryl methyl sites for hydroxylation is 1. The highest BCUT2D eigenvalue weighted by molar-refractivity contribution is 5.99. The molecule has 5 rings (SSSR count). The molecule has 1 fully saturated rings. The first-order chi connectivity index (χ1) is 13.8. The molecule has 0 radical (unpaired) electrons. The average Bonchev–Trinajstić information content (AvgIpc) is 3.33. The van der Waals surface area contributed by atoms with Crippen molar-refractivity contribution < 1.29 is 9.53 Å². The minimum atomic E-state index is -0.127. The Morgan fingerprint density at radius 3 is 2.89 bits per heavy atom. The maximum Gasteiger partial charge on any atom is 0.256 e. The highest BCUT2D eigenvalue weighted by atomic mass is 16.5. The smallest absolute Gasteiger partial charge is 0.256 e. The molecule has 144 valence electrons. The van der Waals surface area contributed by atoms with Gasteiger partial charge in [0.25, 0.3) is 5.91 Å². The monoisotopic (exact) mass is 377 g/mol. The number of carbonyl (C=O) groups is 1. The van der Waals surface area contributed by atoms with Gasteiger partial charge in [-0.1, -0.05) is 24.3 Å². The molecule has 2 aliphatic rings. The maximum atomic E-state index is 12.7. The summed E-state index contributed by atoms with van der Waals surface area (Å²) in [5.41, 5.74) is 3.79. The summed E-state index contributed by atoms with van der Waals surface area (Å²) in [5.74, 6) is 0.632. The lowest BCUT2D eigenvalue weighted by atomic mass is 10.1.